The van der Waals surface area contributed by atoms with Gasteiger partial charge in [-0.1, -0.05) is 12.1 Å². The van der Waals surface area contributed by atoms with Crippen molar-refractivity contribution in [2.24, 2.45) is 0 Å². The van der Waals surface area contributed by atoms with E-state index < -0.39 is 0 Å². The smallest absolute Gasteiger partial charge is 0.168 e. The van der Waals surface area contributed by atoms with Crippen molar-refractivity contribution in [3.63, 3.8) is 0 Å². The fourth-order valence-corrected chi connectivity index (χ4v) is 3.10. The Balaban J connectivity index is 1.70. The molecule has 98 valence electrons. The molecule has 2 fully saturated rings. The zero-order valence-electron chi connectivity index (χ0n) is 10.7. The van der Waals surface area contributed by atoms with Gasteiger partial charge in [0.15, 0.2) is 5.79 Å². The highest BCUT2D eigenvalue weighted by Crippen LogP contribution is 2.42. The Labute approximate surface area is 107 Å². The Kier molecular flexibility index (Phi) is 3.12. The lowest BCUT2D eigenvalue weighted by Gasteiger charge is -2.35. The predicted molar refractivity (Wildman–Crippen MR) is 67.0 cm³/mol. The van der Waals surface area contributed by atoms with Gasteiger partial charge in [-0.25, -0.2) is 4.39 Å². The van der Waals surface area contributed by atoms with Crippen LogP contribution in [0.2, 0.25) is 0 Å². The molecule has 0 bridgehead atoms. The molecule has 1 aromatic rings. The first-order chi connectivity index (χ1) is 8.69. The average Bonchev–Trinajstić information content (AvgIpc) is 2.82. The van der Waals surface area contributed by atoms with Gasteiger partial charge in [0.05, 0.1) is 13.2 Å². The van der Waals surface area contributed by atoms with Gasteiger partial charge in [0.25, 0.3) is 0 Å². The summed E-state index contributed by atoms with van der Waals surface area (Å²) in [4.78, 5) is 0. The van der Waals surface area contributed by atoms with Gasteiger partial charge in [-0.15, -0.1) is 0 Å². The van der Waals surface area contributed by atoms with Crippen LogP contribution in [0, 0.1) is 12.7 Å². The van der Waals surface area contributed by atoms with Crippen LogP contribution in [0.5, 0.6) is 0 Å². The van der Waals surface area contributed by atoms with E-state index in [9.17, 15) is 4.39 Å². The minimum absolute atomic E-state index is 0.117. The maximum atomic E-state index is 13.3. The van der Waals surface area contributed by atoms with E-state index in [1.165, 1.54) is 5.56 Å². The van der Waals surface area contributed by atoms with Gasteiger partial charge >= 0.3 is 0 Å². The molecule has 0 aromatic heterocycles. The maximum Gasteiger partial charge on any atom is 0.168 e. The lowest BCUT2D eigenvalue weighted by molar-refractivity contribution is -0.178. The van der Waals surface area contributed by atoms with Gasteiger partial charge in [-0.2, -0.15) is 0 Å². The van der Waals surface area contributed by atoms with Crippen LogP contribution < -0.4 is 0 Å². The van der Waals surface area contributed by atoms with Crippen molar-refractivity contribution in [3.8, 4) is 0 Å². The molecule has 1 aromatic carbocycles. The summed E-state index contributed by atoms with van der Waals surface area (Å²) in [5.74, 6) is 0.0992. The molecule has 0 amide bonds. The van der Waals surface area contributed by atoms with E-state index in [4.69, 9.17) is 9.47 Å². The number of rotatable bonds is 1. The molecule has 0 unspecified atom stereocenters. The third-order valence-electron chi connectivity index (χ3n) is 4.21. The number of benzene rings is 1. The molecule has 1 saturated carbocycles. The summed E-state index contributed by atoms with van der Waals surface area (Å²) in [6, 6.07) is 5.48. The van der Waals surface area contributed by atoms with Crippen LogP contribution >= 0.6 is 0 Å². The normalized spacial score (nSPS) is 23.7. The molecule has 1 saturated heterocycles. The summed E-state index contributed by atoms with van der Waals surface area (Å²) in [5, 5.41) is 0. The van der Waals surface area contributed by atoms with Crippen LogP contribution in [0.4, 0.5) is 4.39 Å². The summed E-state index contributed by atoms with van der Waals surface area (Å²) in [5.41, 5.74) is 1.99. The summed E-state index contributed by atoms with van der Waals surface area (Å²) in [6.45, 7) is 3.27. The summed E-state index contributed by atoms with van der Waals surface area (Å²) < 4.78 is 24.7. The first kappa shape index (κ1) is 12.1. The van der Waals surface area contributed by atoms with Gasteiger partial charge in [-0.05, 0) is 42.9 Å². The topological polar surface area (TPSA) is 18.5 Å². The Morgan fingerprint density at radius 1 is 1.17 bits per heavy atom. The number of hydrogen-bond donors (Lipinski definition) is 0. The zero-order valence-corrected chi connectivity index (χ0v) is 10.7. The van der Waals surface area contributed by atoms with E-state index in [2.05, 4.69) is 0 Å². The number of halogens is 1. The van der Waals surface area contributed by atoms with Crippen molar-refractivity contribution in [2.45, 2.75) is 44.3 Å². The Morgan fingerprint density at radius 3 is 2.44 bits per heavy atom. The van der Waals surface area contributed by atoms with Crippen LogP contribution in [-0.4, -0.2) is 19.0 Å². The van der Waals surface area contributed by atoms with Crippen LogP contribution in [0.15, 0.2) is 18.2 Å². The van der Waals surface area contributed by atoms with Crippen LogP contribution in [0.25, 0.3) is 0 Å². The predicted octanol–water partition coefficient (Wildman–Crippen LogP) is 3.53. The van der Waals surface area contributed by atoms with E-state index in [0.29, 0.717) is 5.92 Å². The molecule has 1 aliphatic heterocycles. The number of aryl methyl sites for hydroxylation is 1. The van der Waals surface area contributed by atoms with Crippen molar-refractivity contribution >= 4 is 0 Å². The lowest BCUT2D eigenvalue weighted by atomic mass is 9.80. The maximum absolute atomic E-state index is 13.3. The number of ether oxygens (including phenoxy) is 2. The third-order valence-corrected chi connectivity index (χ3v) is 4.21. The highest BCUT2D eigenvalue weighted by Gasteiger charge is 2.40. The Bertz CT molecular complexity index is 428. The molecule has 1 heterocycles. The minimum atomic E-state index is -0.300. The fraction of sp³-hybridized carbons (Fsp3) is 0.600. The highest BCUT2D eigenvalue weighted by atomic mass is 19.1. The third kappa shape index (κ3) is 2.17. The highest BCUT2D eigenvalue weighted by molar-refractivity contribution is 5.27. The second-order valence-corrected chi connectivity index (χ2v) is 5.39. The van der Waals surface area contributed by atoms with E-state index in [-0.39, 0.29) is 11.6 Å². The van der Waals surface area contributed by atoms with Crippen molar-refractivity contribution < 1.29 is 13.9 Å². The molecule has 0 atom stereocenters. The molecule has 1 spiro atoms. The molecule has 1 aliphatic carbocycles. The summed E-state index contributed by atoms with van der Waals surface area (Å²) >= 11 is 0. The standard InChI is InChI=1S/C15H19FO2/c1-11-10-13(2-3-14(11)16)12-4-6-15(7-5-12)17-8-9-18-15/h2-3,10,12H,4-9H2,1H3. The van der Waals surface area contributed by atoms with Gasteiger partial charge < -0.3 is 9.47 Å². The Morgan fingerprint density at radius 2 is 1.83 bits per heavy atom. The summed E-state index contributed by atoms with van der Waals surface area (Å²) in [6.07, 6.45) is 4.03. The van der Waals surface area contributed by atoms with Gasteiger partial charge in [-0.3, -0.25) is 0 Å². The quantitative estimate of drug-likeness (QED) is 0.759. The molecule has 18 heavy (non-hydrogen) atoms. The molecule has 2 nitrogen and oxygen atoms in total. The average molecular weight is 250 g/mol. The van der Waals surface area contributed by atoms with Crippen LogP contribution in [0.1, 0.15) is 42.7 Å². The molecule has 3 heteroatoms. The van der Waals surface area contributed by atoms with Crippen molar-refractivity contribution in [1.29, 1.82) is 0 Å². The second kappa shape index (κ2) is 4.63. The summed E-state index contributed by atoms with van der Waals surface area (Å²) in [7, 11) is 0. The molecule has 0 radical (unpaired) electrons. The monoisotopic (exact) mass is 250 g/mol. The first-order valence-electron chi connectivity index (χ1n) is 6.72. The molecule has 0 N–H and O–H groups in total. The van der Waals surface area contributed by atoms with E-state index in [0.717, 1.165) is 44.5 Å². The van der Waals surface area contributed by atoms with Gasteiger partial charge in [0.1, 0.15) is 5.82 Å². The van der Waals surface area contributed by atoms with Gasteiger partial charge in [0, 0.05) is 12.8 Å². The number of hydrogen-bond acceptors (Lipinski definition) is 2. The van der Waals surface area contributed by atoms with Crippen molar-refractivity contribution in [2.75, 3.05) is 13.2 Å². The molecule has 3 rings (SSSR count). The Hall–Kier alpha value is -0.930. The second-order valence-electron chi connectivity index (χ2n) is 5.39. The van der Waals surface area contributed by atoms with Gasteiger partial charge in [0.2, 0.25) is 0 Å². The van der Waals surface area contributed by atoms with Crippen molar-refractivity contribution in [3.05, 3.63) is 35.1 Å². The lowest BCUT2D eigenvalue weighted by Crippen LogP contribution is -2.34. The molecular formula is C15H19FO2. The van der Waals surface area contributed by atoms with Crippen LogP contribution in [-0.2, 0) is 9.47 Å². The fourth-order valence-electron chi connectivity index (χ4n) is 3.10. The molecular weight excluding hydrogens is 231 g/mol. The van der Waals surface area contributed by atoms with Crippen molar-refractivity contribution in [1.82, 2.24) is 0 Å². The van der Waals surface area contributed by atoms with Crippen LogP contribution in [0.3, 0.4) is 0 Å². The SMILES string of the molecule is Cc1cc(C2CCC3(CC2)OCCO3)ccc1F. The largest absolute Gasteiger partial charge is 0.348 e. The zero-order chi connectivity index (χ0) is 12.6. The van der Waals surface area contributed by atoms with E-state index >= 15 is 0 Å². The first-order valence-corrected chi connectivity index (χ1v) is 6.72. The van der Waals surface area contributed by atoms with E-state index in [1.807, 2.05) is 19.1 Å². The molecule has 2 aliphatic rings. The minimum Gasteiger partial charge on any atom is -0.348 e. The van der Waals surface area contributed by atoms with E-state index in [1.54, 1.807) is 6.07 Å².